The molecule has 1 aliphatic heterocycles. The highest BCUT2D eigenvalue weighted by atomic mass is 19.3. The smallest absolute Gasteiger partial charge is 0.282 e. The lowest BCUT2D eigenvalue weighted by molar-refractivity contribution is -0.113. The summed E-state index contributed by atoms with van der Waals surface area (Å²) < 4.78 is 34.3. The molecule has 0 bridgehead atoms. The Morgan fingerprint density at radius 2 is 1.80 bits per heavy atom. The number of nitrogens with one attached hydrogen (secondary N) is 2. The monoisotopic (exact) mass is 606 g/mol. The van der Waals surface area contributed by atoms with E-state index in [1.165, 1.54) is 34.9 Å². The van der Waals surface area contributed by atoms with Crippen LogP contribution in [0, 0.1) is 17.2 Å². The molecule has 12 heteroatoms. The Kier molecular flexibility index (Phi) is 9.49. The Morgan fingerprint density at radius 3 is 2.41 bits per heavy atom. The van der Waals surface area contributed by atoms with Gasteiger partial charge in [-0.05, 0) is 67.6 Å². The summed E-state index contributed by atoms with van der Waals surface area (Å²) in [4.78, 5) is 45.0. The van der Waals surface area contributed by atoms with Crippen molar-refractivity contribution in [2.45, 2.75) is 59.2 Å². The highest BCUT2D eigenvalue weighted by Gasteiger charge is 2.46. The fourth-order valence-electron chi connectivity index (χ4n) is 4.63. The quantitative estimate of drug-likeness (QED) is 0.346. The molecule has 1 atom stereocenters. The van der Waals surface area contributed by atoms with Crippen LogP contribution in [0.4, 0.5) is 14.6 Å². The molecule has 10 nitrogen and oxygen atoms in total. The van der Waals surface area contributed by atoms with Crippen molar-refractivity contribution in [2.75, 3.05) is 18.4 Å². The third kappa shape index (κ3) is 7.47. The summed E-state index contributed by atoms with van der Waals surface area (Å²) in [5, 5.41) is 15.5. The van der Waals surface area contributed by atoms with Gasteiger partial charge in [-0.1, -0.05) is 19.9 Å². The number of hydrogen-bond donors (Lipinski definition) is 2. The molecule has 1 aliphatic rings. The Hall–Kier alpha value is -4.63. The summed E-state index contributed by atoms with van der Waals surface area (Å²) in [6.45, 7) is 8.83. The van der Waals surface area contributed by atoms with E-state index in [0.717, 1.165) is 10.5 Å². The van der Waals surface area contributed by atoms with E-state index in [0.29, 0.717) is 23.6 Å². The molecule has 2 N–H and O–H groups in total. The van der Waals surface area contributed by atoms with Gasteiger partial charge in [-0.25, -0.2) is 8.78 Å². The van der Waals surface area contributed by atoms with Gasteiger partial charge in [-0.15, -0.1) is 0 Å². The number of likely N-dealkylation sites (tertiary alicyclic amines) is 1. The third-order valence-corrected chi connectivity index (χ3v) is 7.33. The number of alkyl halides is 2. The maximum absolute atomic E-state index is 13.6. The van der Waals surface area contributed by atoms with Crippen molar-refractivity contribution in [1.82, 2.24) is 19.8 Å². The van der Waals surface area contributed by atoms with Crippen molar-refractivity contribution in [3.63, 3.8) is 0 Å². The van der Waals surface area contributed by atoms with Crippen LogP contribution >= 0.6 is 0 Å². The zero-order valence-electron chi connectivity index (χ0n) is 25.6. The lowest BCUT2D eigenvalue weighted by Gasteiger charge is -2.39. The standard InChI is InChI=1S/C32H36F2N6O4/c1-18(2)20(5)36-14-22-10-26(30(42)39(6)15-22)29(41)38-27-11-23(12-28(37-27)44-19(3)4)24-8-7-21(13-35)9-25(24)31(43)40-16-32(33,34)17-40/h7-12,15,18-20,36H,14,16-17H2,1-6H3,(H,37,38,41)/t20-/m0/s1. The Balaban J connectivity index is 1.71. The summed E-state index contributed by atoms with van der Waals surface area (Å²) in [5.41, 5.74) is 1.10. The first kappa shape index (κ1) is 32.3. The summed E-state index contributed by atoms with van der Waals surface area (Å²) in [6, 6.07) is 11.2. The number of ether oxygens (including phenoxy) is 1. The lowest BCUT2D eigenvalue weighted by atomic mass is 9.96. The molecule has 1 saturated heterocycles. The van der Waals surface area contributed by atoms with E-state index in [1.54, 1.807) is 33.2 Å². The van der Waals surface area contributed by atoms with Crippen LogP contribution in [-0.4, -0.2) is 57.4 Å². The number of aryl methyl sites for hydroxylation is 1. The number of nitrogens with zero attached hydrogens (tertiary/aromatic N) is 4. The van der Waals surface area contributed by atoms with Crippen molar-refractivity contribution in [1.29, 1.82) is 5.26 Å². The predicted molar refractivity (Wildman–Crippen MR) is 162 cm³/mol. The number of rotatable bonds is 10. The summed E-state index contributed by atoms with van der Waals surface area (Å²) in [7, 11) is 1.57. The summed E-state index contributed by atoms with van der Waals surface area (Å²) in [6.07, 6.45) is 1.38. The van der Waals surface area contributed by atoms with Crippen molar-refractivity contribution >= 4 is 17.6 Å². The molecule has 1 fully saturated rings. The van der Waals surface area contributed by atoms with Crippen LogP contribution in [0.15, 0.2) is 47.4 Å². The van der Waals surface area contributed by atoms with Gasteiger partial charge in [0.2, 0.25) is 5.88 Å². The van der Waals surface area contributed by atoms with Gasteiger partial charge < -0.3 is 24.8 Å². The van der Waals surface area contributed by atoms with Gasteiger partial charge in [0.1, 0.15) is 11.4 Å². The van der Waals surface area contributed by atoms with Crippen LogP contribution in [0.5, 0.6) is 5.88 Å². The van der Waals surface area contributed by atoms with Crippen molar-refractivity contribution in [2.24, 2.45) is 13.0 Å². The van der Waals surface area contributed by atoms with E-state index in [9.17, 15) is 28.4 Å². The summed E-state index contributed by atoms with van der Waals surface area (Å²) in [5.74, 6) is -3.75. The molecule has 3 heterocycles. The largest absolute Gasteiger partial charge is 0.475 e. The number of halogens is 2. The Morgan fingerprint density at radius 1 is 1.09 bits per heavy atom. The van der Waals surface area contributed by atoms with E-state index in [4.69, 9.17) is 4.74 Å². The van der Waals surface area contributed by atoms with Crippen molar-refractivity contribution in [3.05, 3.63) is 75.2 Å². The first-order valence-electron chi connectivity index (χ1n) is 14.3. The molecule has 2 amide bonds. The Labute approximate surface area is 254 Å². The number of hydrogen-bond acceptors (Lipinski definition) is 7. The highest BCUT2D eigenvalue weighted by Crippen LogP contribution is 2.34. The fraction of sp³-hybridized carbons (Fsp3) is 0.406. The van der Waals surface area contributed by atoms with Crippen molar-refractivity contribution < 1.29 is 23.1 Å². The molecular weight excluding hydrogens is 570 g/mol. The number of aromatic nitrogens is 2. The van der Waals surface area contributed by atoms with E-state index in [-0.39, 0.29) is 40.5 Å². The van der Waals surface area contributed by atoms with Crippen molar-refractivity contribution in [3.8, 4) is 23.1 Å². The number of carbonyl (C=O) groups is 2. The molecule has 4 rings (SSSR count). The van der Waals surface area contributed by atoms with Gasteiger partial charge in [0.05, 0.1) is 30.8 Å². The third-order valence-electron chi connectivity index (χ3n) is 7.33. The topological polar surface area (TPSA) is 129 Å². The number of pyridine rings is 2. The fourth-order valence-corrected chi connectivity index (χ4v) is 4.63. The predicted octanol–water partition coefficient (Wildman–Crippen LogP) is 4.58. The first-order chi connectivity index (χ1) is 20.7. The molecular formula is C32H36F2N6O4. The zero-order valence-corrected chi connectivity index (χ0v) is 25.6. The molecule has 2 aromatic heterocycles. The average molecular weight is 607 g/mol. The lowest BCUT2D eigenvalue weighted by Crippen LogP contribution is -2.58. The number of amides is 2. The number of benzene rings is 1. The Bertz CT molecular complexity index is 1670. The average Bonchev–Trinajstić information content (AvgIpc) is 2.94. The maximum atomic E-state index is 13.6. The van der Waals surface area contributed by atoms with Gasteiger partial charge in [0, 0.05) is 37.5 Å². The molecule has 0 spiro atoms. The zero-order chi connectivity index (χ0) is 32.3. The van der Waals surface area contributed by atoms with Gasteiger partial charge >= 0.3 is 0 Å². The minimum Gasteiger partial charge on any atom is -0.475 e. The van der Waals surface area contributed by atoms with Crippen LogP contribution in [0.3, 0.4) is 0 Å². The second kappa shape index (κ2) is 12.9. The number of anilines is 1. The molecule has 44 heavy (non-hydrogen) atoms. The van der Waals surface area contributed by atoms with Crippen LogP contribution in [0.1, 0.15) is 66.5 Å². The second-order valence-corrected chi connectivity index (χ2v) is 11.7. The first-order valence-corrected chi connectivity index (χ1v) is 14.3. The van der Waals surface area contributed by atoms with E-state index < -0.39 is 36.4 Å². The van der Waals surface area contributed by atoms with Gasteiger partial charge in [-0.2, -0.15) is 10.2 Å². The summed E-state index contributed by atoms with van der Waals surface area (Å²) >= 11 is 0. The van der Waals surface area contributed by atoms with Crippen LogP contribution in [0.2, 0.25) is 0 Å². The van der Waals surface area contributed by atoms with Crippen LogP contribution < -0.4 is 20.9 Å². The SMILES string of the molecule is CC(C)Oc1cc(-c2ccc(C#N)cc2C(=O)N2CC(F)(F)C2)cc(NC(=O)c2cc(CN[C@@H](C)C(C)C)cn(C)c2=O)n1. The molecule has 0 saturated carbocycles. The normalized spacial score (nSPS) is 14.6. The van der Waals surface area contributed by atoms with Crippen LogP contribution in [0.25, 0.3) is 11.1 Å². The second-order valence-electron chi connectivity index (χ2n) is 11.7. The maximum Gasteiger partial charge on any atom is 0.282 e. The van der Waals surface area contributed by atoms with Gasteiger partial charge in [0.25, 0.3) is 23.3 Å². The van der Waals surface area contributed by atoms with E-state index in [2.05, 4.69) is 36.4 Å². The molecule has 1 aromatic carbocycles. The molecule has 0 aliphatic carbocycles. The van der Waals surface area contributed by atoms with E-state index in [1.807, 2.05) is 6.07 Å². The number of carbonyl (C=O) groups excluding carboxylic acids is 2. The minimum absolute atomic E-state index is 0.0420. The molecule has 0 unspecified atom stereocenters. The molecule has 232 valence electrons. The minimum atomic E-state index is -2.97. The highest BCUT2D eigenvalue weighted by molar-refractivity contribution is 6.05. The van der Waals surface area contributed by atoms with Gasteiger partial charge in [0.15, 0.2) is 0 Å². The molecule has 0 radical (unpaired) electrons. The van der Waals surface area contributed by atoms with Crippen LogP contribution in [-0.2, 0) is 13.6 Å². The van der Waals surface area contributed by atoms with Gasteiger partial charge in [-0.3, -0.25) is 14.4 Å². The molecule has 3 aromatic rings. The number of nitriles is 1. The van der Waals surface area contributed by atoms with E-state index >= 15 is 0 Å².